The lowest BCUT2D eigenvalue weighted by Crippen LogP contribution is -2.35. The van der Waals surface area contributed by atoms with E-state index in [-0.39, 0.29) is 17.0 Å². The van der Waals surface area contributed by atoms with Gasteiger partial charge >= 0.3 is 0 Å². The van der Waals surface area contributed by atoms with Crippen molar-refractivity contribution in [3.63, 3.8) is 0 Å². The summed E-state index contributed by atoms with van der Waals surface area (Å²) in [6.45, 7) is 5.09. The number of rotatable bonds is 7. The Labute approximate surface area is 98.4 Å². The summed E-state index contributed by atoms with van der Waals surface area (Å²) in [7, 11) is -1.02. The largest absolute Gasteiger partial charge is 0.387 e. The molecule has 0 atom stereocenters. The minimum atomic E-state index is -2.90. The van der Waals surface area contributed by atoms with Crippen LogP contribution in [0.2, 0.25) is 0 Å². The van der Waals surface area contributed by atoms with Crippen LogP contribution in [0.4, 0.5) is 0 Å². The van der Waals surface area contributed by atoms with E-state index in [4.69, 9.17) is 11.1 Å². The highest BCUT2D eigenvalue weighted by Gasteiger charge is 2.21. The molecule has 0 heterocycles. The molecule has 96 valence electrons. The van der Waals surface area contributed by atoms with Crippen LogP contribution in [-0.2, 0) is 9.84 Å². The molecule has 0 aromatic rings. The van der Waals surface area contributed by atoms with Gasteiger partial charge in [0.1, 0.15) is 9.84 Å². The van der Waals surface area contributed by atoms with Gasteiger partial charge in [0, 0.05) is 18.2 Å². The van der Waals surface area contributed by atoms with Crippen molar-refractivity contribution in [3.8, 4) is 0 Å². The highest BCUT2D eigenvalue weighted by atomic mass is 32.2. The first-order valence-corrected chi connectivity index (χ1v) is 7.31. The van der Waals surface area contributed by atoms with Crippen LogP contribution in [0.15, 0.2) is 0 Å². The summed E-state index contributed by atoms with van der Waals surface area (Å²) in [5, 5.41) is 7.41. The summed E-state index contributed by atoms with van der Waals surface area (Å²) in [4.78, 5) is 1.95. The summed E-state index contributed by atoms with van der Waals surface area (Å²) in [5.74, 6) is 0.341. The minimum absolute atomic E-state index is 0.170. The van der Waals surface area contributed by atoms with Crippen molar-refractivity contribution in [2.75, 3.05) is 32.1 Å². The number of hydrogen-bond donors (Lipinski definition) is 2. The number of hydrogen-bond acceptors (Lipinski definition) is 4. The van der Waals surface area contributed by atoms with Crippen LogP contribution in [0.5, 0.6) is 0 Å². The molecule has 0 aliphatic carbocycles. The summed E-state index contributed by atoms with van der Waals surface area (Å²) in [5.41, 5.74) is 5.15. The maximum Gasteiger partial charge on any atom is 0.148 e. The Morgan fingerprint density at radius 3 is 2.25 bits per heavy atom. The van der Waals surface area contributed by atoms with E-state index in [0.717, 1.165) is 13.0 Å². The Morgan fingerprint density at radius 1 is 1.38 bits per heavy atom. The number of nitrogens with zero attached hydrogens (tertiary/aromatic N) is 1. The lowest BCUT2D eigenvalue weighted by molar-refractivity contribution is 0.303. The van der Waals surface area contributed by atoms with Crippen LogP contribution >= 0.6 is 0 Å². The second kappa shape index (κ2) is 5.63. The molecule has 16 heavy (non-hydrogen) atoms. The third-order valence-electron chi connectivity index (χ3n) is 2.69. The van der Waals surface area contributed by atoms with E-state index in [1.165, 1.54) is 6.26 Å². The smallest absolute Gasteiger partial charge is 0.148 e. The van der Waals surface area contributed by atoms with Crippen molar-refractivity contribution in [2.24, 2.45) is 11.1 Å². The first-order valence-electron chi connectivity index (χ1n) is 5.25. The van der Waals surface area contributed by atoms with Crippen LogP contribution in [0.1, 0.15) is 20.3 Å². The average molecular weight is 249 g/mol. The van der Waals surface area contributed by atoms with Crippen LogP contribution in [0.3, 0.4) is 0 Å². The molecule has 0 spiro atoms. The Balaban J connectivity index is 4.00. The highest BCUT2D eigenvalue weighted by molar-refractivity contribution is 7.90. The summed E-state index contributed by atoms with van der Waals surface area (Å²) in [6, 6.07) is 0. The van der Waals surface area contributed by atoms with Gasteiger partial charge in [-0.05, 0) is 20.0 Å². The molecule has 0 unspecified atom stereocenters. The van der Waals surface area contributed by atoms with Gasteiger partial charge in [0.25, 0.3) is 0 Å². The minimum Gasteiger partial charge on any atom is -0.387 e. The van der Waals surface area contributed by atoms with E-state index >= 15 is 0 Å². The lowest BCUT2D eigenvalue weighted by atomic mass is 9.88. The van der Waals surface area contributed by atoms with Crippen molar-refractivity contribution in [1.82, 2.24) is 4.90 Å². The molecule has 0 aliphatic heterocycles. The SMILES string of the molecule is CN(CCC(C)(C)C(=N)N)CCS(C)(=O)=O. The molecule has 0 fully saturated rings. The number of nitrogens with one attached hydrogen (secondary N) is 1. The van der Waals surface area contributed by atoms with Gasteiger partial charge in [-0.25, -0.2) is 8.42 Å². The number of amidine groups is 1. The maximum absolute atomic E-state index is 11.0. The normalized spacial score (nSPS) is 13.1. The number of nitrogens with two attached hydrogens (primary N) is 1. The van der Waals surface area contributed by atoms with Gasteiger partial charge in [-0.2, -0.15) is 0 Å². The Kier molecular flexibility index (Phi) is 5.41. The molecule has 0 bridgehead atoms. The van der Waals surface area contributed by atoms with E-state index in [1.54, 1.807) is 0 Å². The predicted octanol–water partition coefficient (Wildman–Crippen LogP) is 0.315. The van der Waals surface area contributed by atoms with E-state index in [0.29, 0.717) is 6.54 Å². The third-order valence-corrected chi connectivity index (χ3v) is 3.62. The fraction of sp³-hybridized carbons (Fsp3) is 0.900. The molecular weight excluding hydrogens is 226 g/mol. The number of sulfone groups is 1. The first-order chi connectivity index (χ1) is 7.04. The zero-order valence-corrected chi connectivity index (χ0v) is 11.4. The van der Waals surface area contributed by atoms with Gasteiger partial charge in [-0.1, -0.05) is 13.8 Å². The summed E-state index contributed by atoms with van der Waals surface area (Å²) >= 11 is 0. The van der Waals surface area contributed by atoms with Gasteiger partial charge in [0.15, 0.2) is 0 Å². The van der Waals surface area contributed by atoms with E-state index in [9.17, 15) is 8.42 Å². The first kappa shape index (κ1) is 15.4. The van der Waals surface area contributed by atoms with Gasteiger partial charge < -0.3 is 10.6 Å². The van der Waals surface area contributed by atoms with Crippen molar-refractivity contribution in [3.05, 3.63) is 0 Å². The highest BCUT2D eigenvalue weighted by Crippen LogP contribution is 2.19. The van der Waals surface area contributed by atoms with Gasteiger partial charge in [0.05, 0.1) is 11.6 Å². The standard InChI is InChI=1S/C10H23N3O2S/c1-10(2,9(11)12)5-6-13(3)7-8-16(4,14)15/h5-8H2,1-4H3,(H3,11,12). The maximum atomic E-state index is 11.0. The molecule has 0 radical (unpaired) electrons. The van der Waals surface area contributed by atoms with Crippen molar-refractivity contribution in [1.29, 1.82) is 5.41 Å². The van der Waals surface area contributed by atoms with Crippen LogP contribution in [0.25, 0.3) is 0 Å². The lowest BCUT2D eigenvalue weighted by Gasteiger charge is -2.26. The van der Waals surface area contributed by atoms with E-state index in [1.807, 2.05) is 25.8 Å². The third kappa shape index (κ3) is 6.79. The quantitative estimate of drug-likeness (QED) is 0.502. The van der Waals surface area contributed by atoms with Crippen molar-refractivity contribution < 1.29 is 8.42 Å². The predicted molar refractivity (Wildman–Crippen MR) is 67.5 cm³/mol. The second-order valence-electron chi connectivity index (χ2n) is 4.98. The van der Waals surface area contributed by atoms with E-state index in [2.05, 4.69) is 0 Å². The van der Waals surface area contributed by atoms with Crippen LogP contribution < -0.4 is 5.73 Å². The molecule has 0 amide bonds. The molecule has 0 aromatic carbocycles. The molecule has 0 saturated carbocycles. The van der Waals surface area contributed by atoms with Gasteiger partial charge in [0.2, 0.25) is 0 Å². The molecular formula is C10H23N3O2S. The Hall–Kier alpha value is -0.620. The average Bonchev–Trinajstić information content (AvgIpc) is 2.10. The van der Waals surface area contributed by atoms with Gasteiger partial charge in [-0.3, -0.25) is 5.41 Å². The topological polar surface area (TPSA) is 87.2 Å². The van der Waals surface area contributed by atoms with Crippen LogP contribution in [0, 0.1) is 10.8 Å². The molecule has 0 aliphatic rings. The zero-order valence-electron chi connectivity index (χ0n) is 10.6. The van der Waals surface area contributed by atoms with Crippen LogP contribution in [-0.4, -0.2) is 51.3 Å². The fourth-order valence-corrected chi connectivity index (χ4v) is 1.68. The summed E-state index contributed by atoms with van der Waals surface area (Å²) < 4.78 is 21.9. The fourth-order valence-electron chi connectivity index (χ4n) is 1.04. The van der Waals surface area contributed by atoms with Gasteiger partial charge in [-0.15, -0.1) is 0 Å². The summed E-state index contributed by atoms with van der Waals surface area (Å²) in [6.07, 6.45) is 1.99. The monoisotopic (exact) mass is 249 g/mol. The van der Waals surface area contributed by atoms with Crippen molar-refractivity contribution in [2.45, 2.75) is 20.3 Å². The molecule has 5 nitrogen and oxygen atoms in total. The Morgan fingerprint density at radius 2 is 1.88 bits per heavy atom. The molecule has 0 rings (SSSR count). The molecule has 6 heteroatoms. The molecule has 3 N–H and O–H groups in total. The molecule has 0 aromatic heterocycles. The van der Waals surface area contributed by atoms with Crippen molar-refractivity contribution >= 4 is 15.7 Å². The second-order valence-corrected chi connectivity index (χ2v) is 7.24. The zero-order chi connectivity index (χ0) is 13.0. The Bertz CT molecular complexity index is 336. The van der Waals surface area contributed by atoms with E-state index < -0.39 is 9.84 Å². The molecule has 0 saturated heterocycles.